The second-order valence-electron chi connectivity index (χ2n) is 4.75. The zero-order valence-corrected chi connectivity index (χ0v) is 11.1. The van der Waals surface area contributed by atoms with Crippen LogP contribution in [0.15, 0.2) is 18.2 Å². The summed E-state index contributed by atoms with van der Waals surface area (Å²) in [4.78, 5) is 0. The Morgan fingerprint density at radius 1 is 1.35 bits per heavy atom. The molecule has 0 radical (unpaired) electrons. The van der Waals surface area contributed by atoms with Crippen LogP contribution in [0, 0.1) is 6.92 Å². The van der Waals surface area contributed by atoms with Crippen LogP contribution in [0.25, 0.3) is 0 Å². The highest BCUT2D eigenvalue weighted by molar-refractivity contribution is 5.42. The van der Waals surface area contributed by atoms with Crippen molar-refractivity contribution in [2.45, 2.75) is 45.3 Å². The van der Waals surface area contributed by atoms with E-state index in [0.717, 1.165) is 11.3 Å². The van der Waals surface area contributed by atoms with Crippen LogP contribution < -0.4 is 10.5 Å². The second-order valence-corrected chi connectivity index (χ2v) is 4.75. The molecule has 3 heteroatoms. The number of methoxy groups -OCH3 is 1. The molecule has 0 amide bonds. The van der Waals surface area contributed by atoms with E-state index in [0.29, 0.717) is 6.42 Å². The Bertz CT molecular complexity index is 363. The first-order chi connectivity index (χ1) is 7.97. The van der Waals surface area contributed by atoms with Gasteiger partial charge in [-0.2, -0.15) is 0 Å². The molecule has 0 aliphatic carbocycles. The summed E-state index contributed by atoms with van der Waals surface area (Å²) < 4.78 is 5.38. The Morgan fingerprint density at radius 3 is 2.53 bits per heavy atom. The van der Waals surface area contributed by atoms with Crippen LogP contribution >= 0.6 is 0 Å². The second kappa shape index (κ2) is 6.03. The third-order valence-electron chi connectivity index (χ3n) is 3.20. The van der Waals surface area contributed by atoms with Crippen molar-refractivity contribution >= 4 is 0 Å². The number of benzene rings is 1. The smallest absolute Gasteiger partial charge is 0.122 e. The number of rotatable bonds is 5. The molecular weight excluding hydrogens is 214 g/mol. The van der Waals surface area contributed by atoms with Crippen molar-refractivity contribution in [3.63, 3.8) is 0 Å². The molecule has 0 saturated heterocycles. The number of aliphatic hydroxyl groups is 1. The van der Waals surface area contributed by atoms with Crippen molar-refractivity contribution in [3.8, 4) is 5.75 Å². The summed E-state index contributed by atoms with van der Waals surface area (Å²) in [6.07, 6.45) is 0.174. The molecule has 0 fully saturated rings. The minimum absolute atomic E-state index is 0.201. The molecule has 0 bridgehead atoms. The van der Waals surface area contributed by atoms with Crippen LogP contribution in [0.1, 0.15) is 37.3 Å². The number of hydrogen-bond acceptors (Lipinski definition) is 3. The Morgan fingerprint density at radius 2 is 2.00 bits per heavy atom. The first-order valence-electron chi connectivity index (χ1n) is 6.04. The zero-order chi connectivity index (χ0) is 13.0. The fourth-order valence-corrected chi connectivity index (χ4v) is 2.16. The largest absolute Gasteiger partial charge is 0.496 e. The molecule has 0 spiro atoms. The SMILES string of the molecule is COc1cccc(C)c1C(C)CC(O)C(C)N. The highest BCUT2D eigenvalue weighted by Crippen LogP contribution is 2.32. The molecule has 1 aromatic carbocycles. The van der Waals surface area contributed by atoms with Gasteiger partial charge in [-0.25, -0.2) is 0 Å². The zero-order valence-electron chi connectivity index (χ0n) is 11.1. The van der Waals surface area contributed by atoms with Gasteiger partial charge in [0.15, 0.2) is 0 Å². The van der Waals surface area contributed by atoms with Gasteiger partial charge >= 0.3 is 0 Å². The van der Waals surface area contributed by atoms with E-state index in [1.54, 1.807) is 7.11 Å². The Hall–Kier alpha value is -1.06. The lowest BCUT2D eigenvalue weighted by molar-refractivity contribution is 0.134. The lowest BCUT2D eigenvalue weighted by Gasteiger charge is -2.22. The number of nitrogens with two attached hydrogens (primary N) is 1. The molecule has 3 unspecified atom stereocenters. The highest BCUT2D eigenvalue weighted by Gasteiger charge is 2.19. The third-order valence-corrected chi connectivity index (χ3v) is 3.20. The normalized spacial score (nSPS) is 16.4. The summed E-state index contributed by atoms with van der Waals surface area (Å²) >= 11 is 0. The van der Waals surface area contributed by atoms with Crippen LogP contribution in [0.2, 0.25) is 0 Å². The van der Waals surface area contributed by atoms with Gasteiger partial charge in [0.2, 0.25) is 0 Å². The lowest BCUT2D eigenvalue weighted by atomic mass is 9.89. The monoisotopic (exact) mass is 237 g/mol. The van der Waals surface area contributed by atoms with Gasteiger partial charge in [-0.15, -0.1) is 0 Å². The quantitative estimate of drug-likeness (QED) is 0.825. The molecule has 3 N–H and O–H groups in total. The van der Waals surface area contributed by atoms with Crippen LogP contribution in [-0.4, -0.2) is 24.4 Å². The molecule has 1 aromatic rings. The number of hydrogen-bond donors (Lipinski definition) is 2. The molecule has 0 saturated carbocycles. The average Bonchev–Trinajstić information content (AvgIpc) is 2.27. The van der Waals surface area contributed by atoms with E-state index < -0.39 is 6.10 Å². The topological polar surface area (TPSA) is 55.5 Å². The van der Waals surface area contributed by atoms with Crippen molar-refractivity contribution in [1.29, 1.82) is 0 Å². The van der Waals surface area contributed by atoms with Gasteiger partial charge in [0.05, 0.1) is 13.2 Å². The predicted octanol–water partition coefficient (Wildman–Crippen LogP) is 2.21. The van der Waals surface area contributed by atoms with E-state index in [1.165, 1.54) is 5.56 Å². The summed E-state index contributed by atoms with van der Waals surface area (Å²) in [5.41, 5.74) is 8.04. The van der Waals surface area contributed by atoms with E-state index in [9.17, 15) is 5.11 Å². The molecule has 0 aliphatic rings. The standard InChI is InChI=1S/C14H23NO2/c1-9-6-5-7-13(17-4)14(9)10(2)8-12(16)11(3)15/h5-7,10-12,16H,8,15H2,1-4H3. The molecule has 17 heavy (non-hydrogen) atoms. The Balaban J connectivity index is 2.91. The van der Waals surface area contributed by atoms with Gasteiger partial charge in [0.1, 0.15) is 5.75 Å². The predicted molar refractivity (Wildman–Crippen MR) is 70.4 cm³/mol. The van der Waals surface area contributed by atoms with Gasteiger partial charge in [-0.1, -0.05) is 19.1 Å². The summed E-state index contributed by atoms with van der Waals surface area (Å²) in [6.45, 7) is 5.98. The number of aryl methyl sites for hydroxylation is 1. The van der Waals surface area contributed by atoms with E-state index >= 15 is 0 Å². The lowest BCUT2D eigenvalue weighted by Crippen LogP contribution is -2.32. The fourth-order valence-electron chi connectivity index (χ4n) is 2.16. The molecule has 3 nitrogen and oxygen atoms in total. The summed E-state index contributed by atoms with van der Waals surface area (Å²) in [5, 5.41) is 9.85. The third kappa shape index (κ3) is 3.45. The summed E-state index contributed by atoms with van der Waals surface area (Å²) in [5.74, 6) is 1.11. The first-order valence-corrected chi connectivity index (χ1v) is 6.04. The fraction of sp³-hybridized carbons (Fsp3) is 0.571. The number of aliphatic hydroxyl groups excluding tert-OH is 1. The minimum Gasteiger partial charge on any atom is -0.496 e. The van der Waals surface area contributed by atoms with Crippen molar-refractivity contribution in [1.82, 2.24) is 0 Å². The molecule has 96 valence electrons. The summed E-state index contributed by atoms with van der Waals surface area (Å²) in [7, 11) is 1.67. The molecular formula is C14H23NO2. The molecule has 1 rings (SSSR count). The maximum Gasteiger partial charge on any atom is 0.122 e. The van der Waals surface area contributed by atoms with E-state index in [1.807, 2.05) is 19.1 Å². The van der Waals surface area contributed by atoms with E-state index in [2.05, 4.69) is 19.9 Å². The molecule has 0 heterocycles. The maximum absolute atomic E-state index is 9.85. The van der Waals surface area contributed by atoms with Gasteiger partial charge in [0.25, 0.3) is 0 Å². The van der Waals surface area contributed by atoms with Crippen molar-refractivity contribution in [2.75, 3.05) is 7.11 Å². The van der Waals surface area contributed by atoms with Crippen molar-refractivity contribution in [2.24, 2.45) is 5.73 Å². The Labute approximate surface area is 104 Å². The highest BCUT2D eigenvalue weighted by atomic mass is 16.5. The number of ether oxygens (including phenoxy) is 1. The van der Waals surface area contributed by atoms with Gasteiger partial charge < -0.3 is 15.6 Å². The first kappa shape index (κ1) is 14.0. The van der Waals surface area contributed by atoms with Crippen LogP contribution in [0.4, 0.5) is 0 Å². The van der Waals surface area contributed by atoms with E-state index in [-0.39, 0.29) is 12.0 Å². The minimum atomic E-state index is -0.477. The summed E-state index contributed by atoms with van der Waals surface area (Å²) in [6, 6.07) is 5.79. The van der Waals surface area contributed by atoms with Gasteiger partial charge in [0, 0.05) is 6.04 Å². The maximum atomic E-state index is 9.85. The van der Waals surface area contributed by atoms with E-state index in [4.69, 9.17) is 10.5 Å². The van der Waals surface area contributed by atoms with Gasteiger partial charge in [-0.05, 0) is 43.4 Å². The molecule has 0 aliphatic heterocycles. The van der Waals surface area contributed by atoms with Crippen LogP contribution in [-0.2, 0) is 0 Å². The van der Waals surface area contributed by atoms with Crippen molar-refractivity contribution < 1.29 is 9.84 Å². The molecule has 3 atom stereocenters. The van der Waals surface area contributed by atoms with Crippen LogP contribution in [0.5, 0.6) is 5.75 Å². The average molecular weight is 237 g/mol. The van der Waals surface area contributed by atoms with Crippen molar-refractivity contribution in [3.05, 3.63) is 29.3 Å². The van der Waals surface area contributed by atoms with Crippen LogP contribution in [0.3, 0.4) is 0 Å². The van der Waals surface area contributed by atoms with Gasteiger partial charge in [-0.3, -0.25) is 0 Å². The molecule has 0 aromatic heterocycles. The Kier molecular flexibility index (Phi) is 4.97.